The molecule has 1 N–H and O–H groups in total. The van der Waals surface area contributed by atoms with E-state index in [1.807, 2.05) is 0 Å². The number of nitrogens with zero attached hydrogens (tertiary/aromatic N) is 2. The van der Waals surface area contributed by atoms with Crippen LogP contribution >= 0.6 is 15.9 Å². The van der Waals surface area contributed by atoms with Crippen molar-refractivity contribution in [3.8, 4) is 0 Å². The molecular weight excluding hydrogens is 330 g/mol. The molecule has 0 saturated heterocycles. The Morgan fingerprint density at radius 1 is 1.19 bits per heavy atom. The molecule has 0 fully saturated rings. The molecular formula is C16H28BrN3O. The number of rotatable bonds is 8. The van der Waals surface area contributed by atoms with Crippen LogP contribution in [0.2, 0.25) is 0 Å². The van der Waals surface area contributed by atoms with Crippen molar-refractivity contribution in [3.63, 3.8) is 0 Å². The summed E-state index contributed by atoms with van der Waals surface area (Å²) in [6, 6.07) is 0. The van der Waals surface area contributed by atoms with E-state index in [9.17, 15) is 0 Å². The van der Waals surface area contributed by atoms with E-state index in [0.717, 1.165) is 41.2 Å². The van der Waals surface area contributed by atoms with E-state index < -0.39 is 0 Å². The van der Waals surface area contributed by atoms with E-state index in [-0.39, 0.29) is 6.10 Å². The Morgan fingerprint density at radius 3 is 2.33 bits per heavy atom. The number of nitrogens with one attached hydrogen (secondary N) is 1. The highest BCUT2D eigenvalue weighted by molar-refractivity contribution is 9.10. The normalized spacial score (nSPS) is 13.0. The molecule has 5 heteroatoms. The second kappa shape index (κ2) is 8.69. The van der Waals surface area contributed by atoms with Gasteiger partial charge in [0.1, 0.15) is 11.9 Å². The van der Waals surface area contributed by atoms with Crippen LogP contribution in [0.3, 0.4) is 0 Å². The molecule has 1 aromatic heterocycles. The summed E-state index contributed by atoms with van der Waals surface area (Å²) in [5, 5.41) is 3.38. The van der Waals surface area contributed by atoms with Gasteiger partial charge in [-0.1, -0.05) is 34.6 Å². The monoisotopic (exact) mass is 357 g/mol. The van der Waals surface area contributed by atoms with Gasteiger partial charge in [0.05, 0.1) is 10.2 Å². The van der Waals surface area contributed by atoms with Crippen molar-refractivity contribution < 1.29 is 4.74 Å². The highest BCUT2D eigenvalue weighted by atomic mass is 79.9. The summed E-state index contributed by atoms with van der Waals surface area (Å²) in [5.74, 6) is 2.52. The number of methoxy groups -OCH3 is 1. The van der Waals surface area contributed by atoms with Crippen molar-refractivity contribution in [1.29, 1.82) is 0 Å². The average molecular weight is 358 g/mol. The molecule has 1 heterocycles. The number of aromatic nitrogens is 2. The summed E-state index contributed by atoms with van der Waals surface area (Å²) >= 11 is 3.65. The molecule has 0 bridgehead atoms. The number of anilines is 1. The number of halogens is 1. The van der Waals surface area contributed by atoms with Crippen LogP contribution in [0.25, 0.3) is 0 Å². The topological polar surface area (TPSA) is 47.0 Å². The fraction of sp³-hybridized carbons (Fsp3) is 0.750. The zero-order valence-electron chi connectivity index (χ0n) is 14.0. The van der Waals surface area contributed by atoms with Crippen LogP contribution in [0.4, 0.5) is 5.82 Å². The summed E-state index contributed by atoms with van der Waals surface area (Å²) in [6.45, 7) is 11.7. The smallest absolute Gasteiger partial charge is 0.160 e. The van der Waals surface area contributed by atoms with Gasteiger partial charge in [0.25, 0.3) is 0 Å². The second-order valence-electron chi connectivity index (χ2n) is 6.12. The van der Waals surface area contributed by atoms with Gasteiger partial charge in [0.15, 0.2) is 5.82 Å². The molecule has 0 spiro atoms. The predicted octanol–water partition coefficient (Wildman–Crippen LogP) is 4.60. The molecule has 0 amide bonds. The van der Waals surface area contributed by atoms with Crippen molar-refractivity contribution in [2.75, 3.05) is 19.0 Å². The summed E-state index contributed by atoms with van der Waals surface area (Å²) in [5.41, 5.74) is 1.05. The second-order valence-corrected chi connectivity index (χ2v) is 6.91. The Hall–Kier alpha value is -0.680. The molecule has 4 nitrogen and oxygen atoms in total. The van der Waals surface area contributed by atoms with Crippen LogP contribution in [0.15, 0.2) is 4.47 Å². The Morgan fingerprint density at radius 2 is 1.86 bits per heavy atom. The Kier molecular flexibility index (Phi) is 7.60. The SMILES string of the molecule is CCCNc1nc(C(OC)C(C)C)nc(CC(C)C)c1Br. The fourth-order valence-corrected chi connectivity index (χ4v) is 2.68. The van der Waals surface area contributed by atoms with E-state index in [4.69, 9.17) is 9.72 Å². The molecule has 0 aromatic carbocycles. The molecule has 1 rings (SSSR count). The third-order valence-electron chi connectivity index (χ3n) is 3.20. The van der Waals surface area contributed by atoms with Gasteiger partial charge in [-0.25, -0.2) is 9.97 Å². The minimum Gasteiger partial charge on any atom is -0.373 e. The van der Waals surface area contributed by atoms with Gasteiger partial charge >= 0.3 is 0 Å². The Balaban J connectivity index is 3.23. The van der Waals surface area contributed by atoms with Crippen LogP contribution in [0, 0.1) is 11.8 Å². The number of ether oxygens (including phenoxy) is 1. The van der Waals surface area contributed by atoms with E-state index in [0.29, 0.717) is 11.8 Å². The maximum atomic E-state index is 5.59. The highest BCUT2D eigenvalue weighted by Crippen LogP contribution is 2.30. The lowest BCUT2D eigenvalue weighted by molar-refractivity contribution is 0.0573. The van der Waals surface area contributed by atoms with Gasteiger partial charge in [-0.15, -0.1) is 0 Å². The van der Waals surface area contributed by atoms with E-state index in [1.54, 1.807) is 7.11 Å². The lowest BCUT2D eigenvalue weighted by atomic mass is 10.1. The third kappa shape index (κ3) is 5.22. The van der Waals surface area contributed by atoms with Crippen molar-refractivity contribution >= 4 is 21.7 Å². The van der Waals surface area contributed by atoms with Gasteiger partial charge < -0.3 is 10.1 Å². The maximum Gasteiger partial charge on any atom is 0.160 e. The summed E-state index contributed by atoms with van der Waals surface area (Å²) in [6.07, 6.45) is 1.90. The number of hydrogen-bond acceptors (Lipinski definition) is 4. The molecule has 0 radical (unpaired) electrons. The van der Waals surface area contributed by atoms with Crippen molar-refractivity contribution in [2.45, 2.75) is 53.6 Å². The van der Waals surface area contributed by atoms with E-state index in [2.05, 4.69) is 60.8 Å². The standard InChI is InChI=1S/C16H28BrN3O/c1-7-8-18-15-13(17)12(9-10(2)3)19-16(20-15)14(21-6)11(4)5/h10-11,14H,7-9H2,1-6H3,(H,18,19,20). The summed E-state index contributed by atoms with van der Waals surface area (Å²) in [4.78, 5) is 9.43. The molecule has 0 aliphatic carbocycles. The van der Waals surface area contributed by atoms with Gasteiger partial charge in [0.2, 0.25) is 0 Å². The quantitative estimate of drug-likeness (QED) is 0.738. The first-order valence-electron chi connectivity index (χ1n) is 7.73. The molecule has 1 unspecified atom stereocenters. The lowest BCUT2D eigenvalue weighted by Gasteiger charge is -2.21. The van der Waals surface area contributed by atoms with E-state index >= 15 is 0 Å². The van der Waals surface area contributed by atoms with Crippen molar-refractivity contribution in [1.82, 2.24) is 9.97 Å². The lowest BCUT2D eigenvalue weighted by Crippen LogP contribution is -2.17. The molecule has 21 heavy (non-hydrogen) atoms. The third-order valence-corrected chi connectivity index (χ3v) is 4.03. The zero-order chi connectivity index (χ0) is 16.0. The van der Waals surface area contributed by atoms with Gasteiger partial charge in [-0.2, -0.15) is 0 Å². The Labute approximate surface area is 137 Å². The molecule has 0 aliphatic heterocycles. The van der Waals surface area contributed by atoms with Crippen LogP contribution in [-0.2, 0) is 11.2 Å². The predicted molar refractivity (Wildman–Crippen MR) is 91.6 cm³/mol. The van der Waals surface area contributed by atoms with Crippen molar-refractivity contribution in [3.05, 3.63) is 16.0 Å². The Bertz CT molecular complexity index is 449. The molecule has 0 saturated carbocycles. The maximum absolute atomic E-state index is 5.59. The molecule has 1 atom stereocenters. The first-order valence-corrected chi connectivity index (χ1v) is 8.52. The minimum absolute atomic E-state index is 0.0776. The van der Waals surface area contributed by atoms with Crippen LogP contribution in [0.1, 0.15) is 58.7 Å². The van der Waals surface area contributed by atoms with Crippen molar-refractivity contribution in [2.24, 2.45) is 11.8 Å². The first kappa shape index (κ1) is 18.4. The van der Waals surface area contributed by atoms with Gasteiger partial charge in [-0.3, -0.25) is 0 Å². The zero-order valence-corrected chi connectivity index (χ0v) is 15.6. The van der Waals surface area contributed by atoms with Crippen LogP contribution < -0.4 is 5.32 Å². The van der Waals surface area contributed by atoms with Gasteiger partial charge in [0, 0.05) is 13.7 Å². The average Bonchev–Trinajstić information content (AvgIpc) is 2.40. The fourth-order valence-electron chi connectivity index (χ4n) is 2.20. The first-order chi connectivity index (χ1) is 9.90. The van der Waals surface area contributed by atoms with Gasteiger partial charge in [-0.05, 0) is 40.6 Å². The highest BCUT2D eigenvalue weighted by Gasteiger charge is 2.22. The molecule has 1 aromatic rings. The molecule has 0 aliphatic rings. The largest absolute Gasteiger partial charge is 0.373 e. The number of hydrogen-bond donors (Lipinski definition) is 1. The minimum atomic E-state index is -0.0776. The summed E-state index contributed by atoms with van der Waals surface area (Å²) < 4.78 is 6.57. The van der Waals surface area contributed by atoms with E-state index in [1.165, 1.54) is 0 Å². The van der Waals surface area contributed by atoms with Crippen LogP contribution in [0.5, 0.6) is 0 Å². The molecule has 120 valence electrons. The summed E-state index contributed by atoms with van der Waals surface area (Å²) in [7, 11) is 1.72. The van der Waals surface area contributed by atoms with Crippen LogP contribution in [-0.4, -0.2) is 23.6 Å².